The molecular formula is C30H33NOS. The molecule has 1 heterocycles. The van der Waals surface area contributed by atoms with Crippen LogP contribution in [0, 0.1) is 0 Å². The van der Waals surface area contributed by atoms with Crippen molar-refractivity contribution in [1.82, 2.24) is 4.90 Å². The smallest absolute Gasteiger partial charge is 0.120 e. The number of ether oxygens (including phenoxy) is 1. The van der Waals surface area contributed by atoms with E-state index in [4.69, 9.17) is 4.74 Å². The summed E-state index contributed by atoms with van der Waals surface area (Å²) in [5.74, 6) is 1.49. The van der Waals surface area contributed by atoms with Crippen LogP contribution in [-0.4, -0.2) is 11.4 Å². The Balaban J connectivity index is 1.36. The van der Waals surface area contributed by atoms with Gasteiger partial charge in [0.05, 0.1) is 0 Å². The van der Waals surface area contributed by atoms with E-state index >= 15 is 0 Å². The van der Waals surface area contributed by atoms with Crippen molar-refractivity contribution in [3.63, 3.8) is 0 Å². The quantitative estimate of drug-likeness (QED) is 0.239. The molecule has 2 nitrogen and oxygen atoms in total. The number of benzene rings is 3. The maximum Gasteiger partial charge on any atom is 0.120 e. The highest BCUT2D eigenvalue weighted by Crippen LogP contribution is 2.24. The third kappa shape index (κ3) is 6.56. The molecule has 33 heavy (non-hydrogen) atoms. The molecule has 0 N–H and O–H groups in total. The van der Waals surface area contributed by atoms with Crippen LogP contribution in [0.5, 0.6) is 5.75 Å². The molecule has 3 heteroatoms. The lowest BCUT2D eigenvalue weighted by atomic mass is 10.0. The molecular weight excluding hydrogens is 422 g/mol. The second-order valence-corrected chi connectivity index (χ2v) is 9.63. The van der Waals surface area contributed by atoms with Gasteiger partial charge < -0.3 is 4.74 Å². The topological polar surface area (TPSA) is 12.5 Å². The van der Waals surface area contributed by atoms with Gasteiger partial charge in [-0.25, -0.2) is 0 Å². The Bertz CT molecular complexity index is 1130. The van der Waals surface area contributed by atoms with Crippen LogP contribution in [0.2, 0.25) is 0 Å². The van der Waals surface area contributed by atoms with Gasteiger partial charge in [-0.3, -0.25) is 4.90 Å². The lowest BCUT2D eigenvalue weighted by Gasteiger charge is -2.21. The summed E-state index contributed by atoms with van der Waals surface area (Å²) in [6, 6.07) is 28.3. The maximum absolute atomic E-state index is 6.16. The summed E-state index contributed by atoms with van der Waals surface area (Å²) in [5, 5.41) is 4.30. The highest BCUT2D eigenvalue weighted by atomic mass is 32.1. The van der Waals surface area contributed by atoms with E-state index in [1.54, 1.807) is 11.3 Å². The molecule has 0 saturated carbocycles. The summed E-state index contributed by atoms with van der Waals surface area (Å²) in [4.78, 5) is 2.47. The second-order valence-electron chi connectivity index (χ2n) is 8.85. The molecule has 1 aromatic heterocycles. The molecule has 4 rings (SSSR count). The van der Waals surface area contributed by atoms with Crippen molar-refractivity contribution in [2.45, 2.75) is 46.4 Å². The molecule has 0 atom stereocenters. The van der Waals surface area contributed by atoms with Gasteiger partial charge in [-0.15, -0.1) is 0 Å². The van der Waals surface area contributed by atoms with Gasteiger partial charge in [-0.2, -0.15) is 11.3 Å². The van der Waals surface area contributed by atoms with E-state index < -0.39 is 0 Å². The van der Waals surface area contributed by atoms with Crippen LogP contribution in [0.4, 0.5) is 0 Å². The average Bonchev–Trinajstić information content (AvgIpc) is 3.38. The van der Waals surface area contributed by atoms with E-state index in [1.807, 2.05) is 6.07 Å². The van der Waals surface area contributed by atoms with Crippen LogP contribution >= 0.6 is 11.3 Å². The molecule has 0 bridgehead atoms. The predicted molar refractivity (Wildman–Crippen MR) is 141 cm³/mol. The zero-order chi connectivity index (χ0) is 23.0. The van der Waals surface area contributed by atoms with Crippen molar-refractivity contribution in [3.8, 4) is 16.9 Å². The van der Waals surface area contributed by atoms with Crippen molar-refractivity contribution < 1.29 is 4.74 Å². The van der Waals surface area contributed by atoms with Crippen molar-refractivity contribution in [3.05, 3.63) is 112 Å². The van der Waals surface area contributed by atoms with Gasteiger partial charge in [0.2, 0.25) is 0 Å². The Kier molecular flexibility index (Phi) is 7.98. The van der Waals surface area contributed by atoms with E-state index in [0.29, 0.717) is 12.5 Å². The third-order valence-electron chi connectivity index (χ3n) is 5.99. The summed E-state index contributed by atoms with van der Waals surface area (Å²) < 4.78 is 6.16. The summed E-state index contributed by atoms with van der Waals surface area (Å²) in [5.41, 5.74) is 7.73. The van der Waals surface area contributed by atoms with Gasteiger partial charge in [-0.1, -0.05) is 75.4 Å². The molecule has 3 aromatic carbocycles. The fourth-order valence-electron chi connectivity index (χ4n) is 3.97. The minimum Gasteiger partial charge on any atom is -0.489 e. The lowest BCUT2D eigenvalue weighted by molar-refractivity contribution is 0.269. The van der Waals surface area contributed by atoms with E-state index in [9.17, 15) is 0 Å². The zero-order valence-corrected chi connectivity index (χ0v) is 20.6. The van der Waals surface area contributed by atoms with Gasteiger partial charge in [-0.05, 0) is 80.9 Å². The first-order valence-corrected chi connectivity index (χ1v) is 12.7. The standard InChI is InChI=1S/C30H33NOS/c1-4-31(19-24-11-13-27(14-12-24)23(2)3)20-25-7-6-10-30(18-25)32-21-26-8-5-9-28(17-26)29-15-16-33-22-29/h5-18,22-23H,4,19-21H2,1-3H3. The minimum absolute atomic E-state index is 0.571. The number of nitrogens with zero attached hydrogens (tertiary/aromatic N) is 1. The molecule has 0 aliphatic heterocycles. The van der Waals surface area contributed by atoms with Crippen molar-refractivity contribution >= 4 is 11.3 Å². The first-order valence-electron chi connectivity index (χ1n) is 11.7. The number of rotatable bonds is 10. The maximum atomic E-state index is 6.16. The van der Waals surface area contributed by atoms with Crippen LogP contribution < -0.4 is 4.74 Å². The van der Waals surface area contributed by atoms with Gasteiger partial charge in [0.1, 0.15) is 12.4 Å². The number of hydrogen-bond acceptors (Lipinski definition) is 3. The Morgan fingerprint density at radius 2 is 1.55 bits per heavy atom. The first kappa shape index (κ1) is 23.3. The monoisotopic (exact) mass is 455 g/mol. The van der Waals surface area contributed by atoms with E-state index in [0.717, 1.165) is 25.4 Å². The number of hydrogen-bond donors (Lipinski definition) is 0. The van der Waals surface area contributed by atoms with Crippen molar-refractivity contribution in [1.29, 1.82) is 0 Å². The second kappa shape index (κ2) is 11.3. The molecule has 0 fully saturated rings. The highest BCUT2D eigenvalue weighted by molar-refractivity contribution is 7.08. The lowest BCUT2D eigenvalue weighted by Crippen LogP contribution is -2.22. The number of thiophene rings is 1. The molecule has 170 valence electrons. The Morgan fingerprint density at radius 3 is 2.27 bits per heavy atom. The molecule has 4 aromatic rings. The molecule has 0 unspecified atom stereocenters. The third-order valence-corrected chi connectivity index (χ3v) is 6.67. The predicted octanol–water partition coefficient (Wildman–Crippen LogP) is 8.14. The average molecular weight is 456 g/mol. The highest BCUT2D eigenvalue weighted by Gasteiger charge is 2.08. The Labute approximate surface area is 202 Å². The van der Waals surface area contributed by atoms with Gasteiger partial charge in [0.15, 0.2) is 0 Å². The summed E-state index contributed by atoms with van der Waals surface area (Å²) in [6.07, 6.45) is 0. The Hall–Kier alpha value is -2.88. The zero-order valence-electron chi connectivity index (χ0n) is 19.8. The molecule has 0 aliphatic rings. The molecule has 0 aliphatic carbocycles. The molecule has 0 radical (unpaired) electrons. The molecule has 0 spiro atoms. The normalized spacial score (nSPS) is 11.3. The van der Waals surface area contributed by atoms with E-state index in [-0.39, 0.29) is 0 Å². The summed E-state index contributed by atoms with van der Waals surface area (Å²) in [6.45, 7) is 10.1. The van der Waals surface area contributed by atoms with Crippen molar-refractivity contribution in [2.75, 3.05) is 6.54 Å². The van der Waals surface area contributed by atoms with Crippen LogP contribution in [0.15, 0.2) is 89.6 Å². The van der Waals surface area contributed by atoms with Gasteiger partial charge >= 0.3 is 0 Å². The van der Waals surface area contributed by atoms with E-state index in [2.05, 4.69) is 109 Å². The van der Waals surface area contributed by atoms with E-state index in [1.165, 1.54) is 33.4 Å². The fraction of sp³-hybridized carbons (Fsp3) is 0.267. The molecule has 0 saturated heterocycles. The molecule has 0 amide bonds. The Morgan fingerprint density at radius 1 is 0.788 bits per heavy atom. The summed E-state index contributed by atoms with van der Waals surface area (Å²) in [7, 11) is 0. The van der Waals surface area contributed by atoms with Crippen LogP contribution in [0.3, 0.4) is 0 Å². The largest absolute Gasteiger partial charge is 0.489 e. The van der Waals surface area contributed by atoms with Gasteiger partial charge in [0, 0.05) is 13.1 Å². The SMILES string of the molecule is CCN(Cc1ccc(C(C)C)cc1)Cc1cccc(OCc2cccc(-c3ccsc3)c2)c1. The minimum atomic E-state index is 0.571. The van der Waals surface area contributed by atoms with Crippen molar-refractivity contribution in [2.24, 2.45) is 0 Å². The van der Waals surface area contributed by atoms with Gasteiger partial charge in [0.25, 0.3) is 0 Å². The van der Waals surface area contributed by atoms with Crippen LogP contribution in [0.25, 0.3) is 11.1 Å². The van der Waals surface area contributed by atoms with Crippen LogP contribution in [-0.2, 0) is 19.7 Å². The van der Waals surface area contributed by atoms with Crippen LogP contribution in [0.1, 0.15) is 48.9 Å². The summed E-state index contributed by atoms with van der Waals surface area (Å²) >= 11 is 1.73. The fourth-order valence-corrected chi connectivity index (χ4v) is 4.64. The first-order chi connectivity index (χ1) is 16.1.